The van der Waals surface area contributed by atoms with E-state index in [1.54, 1.807) is 0 Å². The molecule has 0 radical (unpaired) electrons. The average Bonchev–Trinajstić information content (AvgIpc) is 3.55. The van der Waals surface area contributed by atoms with Gasteiger partial charge in [-0.2, -0.15) is 0 Å². The van der Waals surface area contributed by atoms with Crippen molar-refractivity contribution in [3.8, 4) is 0 Å². The second-order valence-electron chi connectivity index (χ2n) is 9.85. The van der Waals surface area contributed by atoms with Crippen LogP contribution in [0.2, 0.25) is 0 Å². The van der Waals surface area contributed by atoms with Crippen LogP contribution in [0.4, 0.5) is 5.69 Å². The third-order valence-electron chi connectivity index (χ3n) is 6.88. The van der Waals surface area contributed by atoms with Gasteiger partial charge in [0.05, 0.1) is 12.2 Å². The quantitative estimate of drug-likeness (QED) is 0.832. The molecule has 2 fully saturated rings. The molecule has 1 saturated heterocycles. The van der Waals surface area contributed by atoms with E-state index in [1.165, 1.54) is 24.0 Å². The number of piperazine rings is 1. The number of hydrogen-bond donors (Lipinski definition) is 1. The number of anilines is 1. The molecule has 30 heavy (non-hydrogen) atoms. The fourth-order valence-electron chi connectivity index (χ4n) is 5.00. The van der Waals surface area contributed by atoms with Crippen LogP contribution < -0.4 is 10.2 Å². The van der Waals surface area contributed by atoms with Crippen molar-refractivity contribution in [1.82, 2.24) is 15.2 Å². The van der Waals surface area contributed by atoms with E-state index >= 15 is 0 Å². The van der Waals surface area contributed by atoms with Crippen molar-refractivity contribution in [1.29, 1.82) is 0 Å². The Morgan fingerprint density at radius 2 is 2.03 bits per heavy atom. The van der Waals surface area contributed by atoms with Gasteiger partial charge in [-0.1, -0.05) is 44.2 Å². The summed E-state index contributed by atoms with van der Waals surface area (Å²) >= 11 is 0. The molecule has 1 aliphatic carbocycles. The summed E-state index contributed by atoms with van der Waals surface area (Å²) in [7, 11) is 0. The molecule has 3 aliphatic rings. The highest BCUT2D eigenvalue weighted by Crippen LogP contribution is 2.40. The highest BCUT2D eigenvalue weighted by atomic mass is 16.2. The molecule has 1 atom stereocenters. The topological polar surface area (TPSA) is 48.5 Å². The number of amides is 1. The molecular weight excluding hydrogens is 372 g/mol. The molecule has 1 aromatic carbocycles. The van der Waals surface area contributed by atoms with E-state index in [0.717, 1.165) is 49.9 Å². The number of pyridine rings is 1. The largest absolute Gasteiger partial charge is 0.311 e. The Morgan fingerprint density at radius 3 is 2.80 bits per heavy atom. The normalized spacial score (nSPS) is 23.4. The predicted octanol–water partition coefficient (Wildman–Crippen LogP) is 2.98. The zero-order valence-corrected chi connectivity index (χ0v) is 18.1. The van der Waals surface area contributed by atoms with Gasteiger partial charge in [-0.05, 0) is 30.4 Å². The summed E-state index contributed by atoms with van der Waals surface area (Å²) in [6, 6.07) is 13.1. The minimum Gasteiger partial charge on any atom is -0.311 e. The predicted molar refractivity (Wildman–Crippen MR) is 120 cm³/mol. The van der Waals surface area contributed by atoms with Gasteiger partial charge in [-0.3, -0.25) is 14.7 Å². The lowest BCUT2D eigenvalue weighted by atomic mass is 9.88. The molecule has 2 aliphatic heterocycles. The highest BCUT2D eigenvalue weighted by Gasteiger charge is 2.40. The molecule has 1 N–H and O–H groups in total. The molecule has 1 saturated carbocycles. The zero-order chi connectivity index (χ0) is 20.7. The monoisotopic (exact) mass is 404 g/mol. The van der Waals surface area contributed by atoms with Crippen LogP contribution in [0.25, 0.3) is 0 Å². The van der Waals surface area contributed by atoms with Crippen LogP contribution in [0.5, 0.6) is 0 Å². The third kappa shape index (κ3) is 4.01. The molecule has 1 amide bonds. The van der Waals surface area contributed by atoms with E-state index in [-0.39, 0.29) is 11.3 Å². The Bertz CT molecular complexity index is 922. The maximum atomic E-state index is 13.4. The SMILES string of the molecule is CC1(C)CN(C(=O)CN2CCN[C@H](C3CC3)C2)c2cc(Cc3ccccc3)ncc21. The zero-order valence-electron chi connectivity index (χ0n) is 18.1. The van der Waals surface area contributed by atoms with Gasteiger partial charge in [0.2, 0.25) is 5.91 Å². The van der Waals surface area contributed by atoms with Crippen molar-refractivity contribution < 1.29 is 4.79 Å². The van der Waals surface area contributed by atoms with Crippen molar-refractivity contribution in [2.75, 3.05) is 37.6 Å². The Hall–Kier alpha value is -2.24. The molecule has 0 unspecified atom stereocenters. The first-order valence-electron chi connectivity index (χ1n) is 11.3. The number of carbonyl (C=O) groups is 1. The second kappa shape index (κ2) is 7.78. The van der Waals surface area contributed by atoms with Crippen LogP contribution in [-0.4, -0.2) is 54.6 Å². The Kier molecular flexibility index (Phi) is 5.11. The summed E-state index contributed by atoms with van der Waals surface area (Å²) in [5, 5.41) is 3.64. The minimum atomic E-state index is -0.0662. The fraction of sp³-hybridized carbons (Fsp3) is 0.520. The molecule has 158 valence electrons. The maximum absolute atomic E-state index is 13.4. The summed E-state index contributed by atoms with van der Waals surface area (Å²) in [6.45, 7) is 8.61. The summed E-state index contributed by atoms with van der Waals surface area (Å²) in [5.74, 6) is 1.04. The van der Waals surface area contributed by atoms with E-state index in [1.807, 2.05) is 17.2 Å². The van der Waals surface area contributed by atoms with Crippen LogP contribution in [0.15, 0.2) is 42.6 Å². The molecular formula is C25H32N4O. The second-order valence-corrected chi connectivity index (χ2v) is 9.85. The third-order valence-corrected chi connectivity index (χ3v) is 6.88. The van der Waals surface area contributed by atoms with Gasteiger partial charge >= 0.3 is 0 Å². The first kappa shape index (κ1) is 19.7. The van der Waals surface area contributed by atoms with Gasteiger partial charge in [0.1, 0.15) is 0 Å². The van der Waals surface area contributed by atoms with Gasteiger partial charge in [-0.15, -0.1) is 0 Å². The lowest BCUT2D eigenvalue weighted by Gasteiger charge is -2.34. The number of hydrogen-bond acceptors (Lipinski definition) is 4. The lowest BCUT2D eigenvalue weighted by Crippen LogP contribution is -2.54. The van der Waals surface area contributed by atoms with E-state index < -0.39 is 0 Å². The van der Waals surface area contributed by atoms with Gasteiger partial charge in [0, 0.05) is 61.5 Å². The summed E-state index contributed by atoms with van der Waals surface area (Å²) in [5.41, 5.74) is 4.44. The molecule has 5 heteroatoms. The molecule has 1 aromatic heterocycles. The number of aromatic nitrogens is 1. The van der Waals surface area contributed by atoms with E-state index in [2.05, 4.69) is 54.4 Å². The van der Waals surface area contributed by atoms with Gasteiger partial charge in [-0.25, -0.2) is 0 Å². The number of nitrogens with one attached hydrogen (secondary N) is 1. The first-order valence-corrected chi connectivity index (χ1v) is 11.3. The van der Waals surface area contributed by atoms with Crippen LogP contribution in [0, 0.1) is 5.92 Å². The van der Waals surface area contributed by atoms with Crippen LogP contribution in [0.3, 0.4) is 0 Å². The number of benzene rings is 1. The van der Waals surface area contributed by atoms with Gasteiger partial charge in [0.25, 0.3) is 0 Å². The highest BCUT2D eigenvalue weighted by molar-refractivity contribution is 5.97. The smallest absolute Gasteiger partial charge is 0.241 e. The number of fused-ring (bicyclic) bond motifs is 1. The number of rotatable bonds is 5. The van der Waals surface area contributed by atoms with Crippen LogP contribution in [-0.2, 0) is 16.6 Å². The number of carbonyl (C=O) groups excluding carboxylic acids is 1. The van der Waals surface area contributed by atoms with E-state index in [9.17, 15) is 4.79 Å². The van der Waals surface area contributed by atoms with E-state index in [0.29, 0.717) is 12.6 Å². The summed E-state index contributed by atoms with van der Waals surface area (Å²) < 4.78 is 0. The standard InChI is InChI=1S/C25H32N4O/c1-25(2)17-29(24(30)16-28-11-10-26-22(15-28)19-8-9-19)23-13-20(27-14-21(23)25)12-18-6-4-3-5-7-18/h3-7,13-14,19,22,26H,8-12,15-17H2,1-2H3/t22-/m0/s1. The molecule has 5 nitrogen and oxygen atoms in total. The van der Waals surface area contributed by atoms with Crippen molar-refractivity contribution in [3.63, 3.8) is 0 Å². The first-order chi connectivity index (χ1) is 14.5. The molecule has 2 aromatic rings. The Morgan fingerprint density at radius 1 is 1.23 bits per heavy atom. The number of nitrogens with zero attached hydrogens (tertiary/aromatic N) is 3. The van der Waals surface area contributed by atoms with Crippen molar-refractivity contribution in [2.24, 2.45) is 5.92 Å². The van der Waals surface area contributed by atoms with Crippen LogP contribution >= 0.6 is 0 Å². The fourth-order valence-corrected chi connectivity index (χ4v) is 5.00. The maximum Gasteiger partial charge on any atom is 0.241 e. The lowest BCUT2D eigenvalue weighted by molar-refractivity contribution is -0.120. The van der Waals surface area contributed by atoms with E-state index in [4.69, 9.17) is 4.98 Å². The Balaban J connectivity index is 1.33. The summed E-state index contributed by atoms with van der Waals surface area (Å²) in [4.78, 5) is 22.5. The Labute approximate surface area is 179 Å². The molecule has 3 heterocycles. The molecule has 5 rings (SSSR count). The average molecular weight is 405 g/mol. The summed E-state index contributed by atoms with van der Waals surface area (Å²) in [6.07, 6.45) is 5.46. The van der Waals surface area contributed by atoms with Gasteiger partial charge < -0.3 is 10.2 Å². The van der Waals surface area contributed by atoms with Gasteiger partial charge in [0.15, 0.2) is 0 Å². The van der Waals surface area contributed by atoms with Crippen molar-refractivity contribution in [2.45, 2.75) is 44.6 Å². The minimum absolute atomic E-state index is 0.0662. The molecule has 0 bridgehead atoms. The van der Waals surface area contributed by atoms with Crippen molar-refractivity contribution in [3.05, 3.63) is 59.4 Å². The molecule has 0 spiro atoms. The van der Waals surface area contributed by atoms with Crippen molar-refractivity contribution >= 4 is 11.6 Å². The van der Waals surface area contributed by atoms with Crippen LogP contribution in [0.1, 0.15) is 43.5 Å².